The Hall–Kier alpha value is -1.42. The molecule has 0 unspecified atom stereocenters. The average Bonchev–Trinajstić information content (AvgIpc) is 2.33. The molecular weight excluding hydrogens is 266 g/mol. The molecule has 0 aliphatic heterocycles. The Labute approximate surface area is 103 Å². The zero-order chi connectivity index (χ0) is 11.2. The SMILES string of the molecule is Brc1cncnc1NCCc1ccccc1. The molecule has 82 valence electrons. The lowest BCUT2D eigenvalue weighted by Crippen LogP contribution is -2.06. The van der Waals surface area contributed by atoms with Crippen LogP contribution >= 0.6 is 15.9 Å². The van der Waals surface area contributed by atoms with Crippen LogP contribution in [0.5, 0.6) is 0 Å². The second kappa shape index (κ2) is 5.61. The largest absolute Gasteiger partial charge is 0.369 e. The van der Waals surface area contributed by atoms with E-state index in [4.69, 9.17) is 0 Å². The minimum absolute atomic E-state index is 0.839. The summed E-state index contributed by atoms with van der Waals surface area (Å²) in [5.41, 5.74) is 1.32. The second-order valence-electron chi connectivity index (χ2n) is 3.38. The molecule has 0 saturated carbocycles. The molecule has 0 aliphatic carbocycles. The molecule has 0 saturated heterocycles. The van der Waals surface area contributed by atoms with E-state index in [0.717, 1.165) is 23.3 Å². The smallest absolute Gasteiger partial charge is 0.143 e. The second-order valence-corrected chi connectivity index (χ2v) is 4.24. The van der Waals surface area contributed by atoms with Crippen molar-refractivity contribution in [3.8, 4) is 0 Å². The van der Waals surface area contributed by atoms with E-state index in [9.17, 15) is 0 Å². The average molecular weight is 278 g/mol. The molecule has 0 spiro atoms. The van der Waals surface area contributed by atoms with Gasteiger partial charge in [-0.2, -0.15) is 0 Å². The van der Waals surface area contributed by atoms with Crippen molar-refractivity contribution in [2.24, 2.45) is 0 Å². The molecule has 0 fully saturated rings. The molecule has 2 aromatic rings. The van der Waals surface area contributed by atoms with E-state index in [-0.39, 0.29) is 0 Å². The lowest BCUT2D eigenvalue weighted by molar-refractivity contribution is 0.995. The molecule has 4 heteroatoms. The van der Waals surface area contributed by atoms with Crippen LogP contribution < -0.4 is 5.32 Å². The number of halogens is 1. The highest BCUT2D eigenvalue weighted by Gasteiger charge is 1.99. The number of rotatable bonds is 4. The highest BCUT2D eigenvalue weighted by atomic mass is 79.9. The van der Waals surface area contributed by atoms with Crippen LogP contribution in [0.2, 0.25) is 0 Å². The van der Waals surface area contributed by atoms with Crippen LogP contribution in [-0.2, 0) is 6.42 Å². The number of hydrogen-bond acceptors (Lipinski definition) is 3. The molecular formula is C12H12BrN3. The van der Waals surface area contributed by atoms with Gasteiger partial charge >= 0.3 is 0 Å². The van der Waals surface area contributed by atoms with Gasteiger partial charge in [-0.1, -0.05) is 30.3 Å². The van der Waals surface area contributed by atoms with Crippen molar-refractivity contribution < 1.29 is 0 Å². The third-order valence-electron chi connectivity index (χ3n) is 2.22. The molecule has 0 aliphatic rings. The summed E-state index contributed by atoms with van der Waals surface area (Å²) < 4.78 is 0.892. The van der Waals surface area contributed by atoms with Crippen LogP contribution in [0.25, 0.3) is 0 Å². The quantitative estimate of drug-likeness (QED) is 0.934. The van der Waals surface area contributed by atoms with Crippen LogP contribution in [-0.4, -0.2) is 16.5 Å². The summed E-state index contributed by atoms with van der Waals surface area (Å²) in [4.78, 5) is 8.05. The third kappa shape index (κ3) is 3.03. The lowest BCUT2D eigenvalue weighted by atomic mass is 10.1. The molecule has 1 N–H and O–H groups in total. The first kappa shape index (κ1) is 11.1. The lowest BCUT2D eigenvalue weighted by Gasteiger charge is -2.06. The molecule has 1 aromatic heterocycles. The molecule has 0 amide bonds. The standard InChI is InChI=1S/C12H12BrN3/c13-11-8-14-9-16-12(11)15-7-6-10-4-2-1-3-5-10/h1-5,8-9H,6-7H2,(H,14,15,16). The monoisotopic (exact) mass is 277 g/mol. The highest BCUT2D eigenvalue weighted by Crippen LogP contribution is 2.16. The number of anilines is 1. The third-order valence-corrected chi connectivity index (χ3v) is 2.80. The van der Waals surface area contributed by atoms with Gasteiger partial charge in [0.2, 0.25) is 0 Å². The van der Waals surface area contributed by atoms with Crippen molar-refractivity contribution in [3.05, 3.63) is 52.9 Å². The van der Waals surface area contributed by atoms with Gasteiger partial charge in [0.1, 0.15) is 12.1 Å². The Morgan fingerprint density at radius 2 is 2.00 bits per heavy atom. The Morgan fingerprint density at radius 3 is 2.75 bits per heavy atom. The summed E-state index contributed by atoms with van der Waals surface area (Å²) in [6, 6.07) is 10.4. The van der Waals surface area contributed by atoms with Gasteiger partial charge in [-0.15, -0.1) is 0 Å². The normalized spacial score (nSPS) is 10.1. The number of hydrogen-bond donors (Lipinski definition) is 1. The van der Waals surface area contributed by atoms with E-state index in [1.54, 1.807) is 6.20 Å². The highest BCUT2D eigenvalue weighted by molar-refractivity contribution is 9.10. The van der Waals surface area contributed by atoms with Crippen molar-refractivity contribution in [1.29, 1.82) is 0 Å². The van der Waals surface area contributed by atoms with E-state index in [1.165, 1.54) is 11.9 Å². The molecule has 1 heterocycles. The number of aromatic nitrogens is 2. The van der Waals surface area contributed by atoms with Crippen LogP contribution in [0, 0.1) is 0 Å². The van der Waals surface area contributed by atoms with Crippen molar-refractivity contribution in [2.45, 2.75) is 6.42 Å². The first-order chi connectivity index (χ1) is 7.86. The fourth-order valence-electron chi connectivity index (χ4n) is 1.41. The van der Waals surface area contributed by atoms with Gasteiger partial charge in [0.15, 0.2) is 0 Å². The summed E-state index contributed by atoms with van der Waals surface area (Å²) >= 11 is 3.40. The van der Waals surface area contributed by atoms with Crippen LogP contribution in [0.1, 0.15) is 5.56 Å². The summed E-state index contributed by atoms with van der Waals surface area (Å²) in [7, 11) is 0. The first-order valence-electron chi connectivity index (χ1n) is 5.09. The van der Waals surface area contributed by atoms with E-state index in [2.05, 4.69) is 55.5 Å². The summed E-state index contributed by atoms with van der Waals surface area (Å²) in [5.74, 6) is 0.839. The summed E-state index contributed by atoms with van der Waals surface area (Å²) in [6.45, 7) is 0.861. The Morgan fingerprint density at radius 1 is 1.19 bits per heavy atom. The molecule has 0 atom stereocenters. The van der Waals surface area contributed by atoms with Gasteiger partial charge in [0.25, 0.3) is 0 Å². The van der Waals surface area contributed by atoms with Gasteiger partial charge in [0, 0.05) is 12.7 Å². The van der Waals surface area contributed by atoms with E-state index < -0.39 is 0 Å². The van der Waals surface area contributed by atoms with Gasteiger partial charge in [-0.05, 0) is 27.9 Å². The minimum atomic E-state index is 0.839. The van der Waals surface area contributed by atoms with E-state index in [0.29, 0.717) is 0 Å². The fraction of sp³-hybridized carbons (Fsp3) is 0.167. The summed E-state index contributed by atoms with van der Waals surface area (Å²) in [6.07, 6.45) is 4.25. The number of benzene rings is 1. The van der Waals surface area contributed by atoms with Crippen molar-refractivity contribution >= 4 is 21.7 Å². The van der Waals surface area contributed by atoms with Crippen LogP contribution in [0.3, 0.4) is 0 Å². The zero-order valence-electron chi connectivity index (χ0n) is 8.73. The first-order valence-corrected chi connectivity index (χ1v) is 5.89. The zero-order valence-corrected chi connectivity index (χ0v) is 10.3. The van der Waals surface area contributed by atoms with Gasteiger partial charge in [0.05, 0.1) is 4.47 Å². The van der Waals surface area contributed by atoms with Gasteiger partial charge in [-0.25, -0.2) is 9.97 Å². The molecule has 0 bridgehead atoms. The number of nitrogens with one attached hydrogen (secondary N) is 1. The Balaban J connectivity index is 1.87. The topological polar surface area (TPSA) is 37.8 Å². The van der Waals surface area contributed by atoms with Crippen molar-refractivity contribution in [3.63, 3.8) is 0 Å². The molecule has 0 radical (unpaired) electrons. The number of nitrogens with zero attached hydrogens (tertiary/aromatic N) is 2. The van der Waals surface area contributed by atoms with Crippen molar-refractivity contribution in [1.82, 2.24) is 9.97 Å². The summed E-state index contributed by atoms with van der Waals surface area (Å²) in [5, 5.41) is 3.26. The van der Waals surface area contributed by atoms with Gasteiger partial charge < -0.3 is 5.32 Å². The van der Waals surface area contributed by atoms with Crippen LogP contribution in [0.15, 0.2) is 47.3 Å². The minimum Gasteiger partial charge on any atom is -0.369 e. The predicted molar refractivity (Wildman–Crippen MR) is 68.4 cm³/mol. The fourth-order valence-corrected chi connectivity index (χ4v) is 1.77. The maximum Gasteiger partial charge on any atom is 0.143 e. The molecule has 16 heavy (non-hydrogen) atoms. The van der Waals surface area contributed by atoms with E-state index >= 15 is 0 Å². The maximum atomic E-state index is 4.14. The molecule has 3 nitrogen and oxygen atoms in total. The van der Waals surface area contributed by atoms with Crippen LogP contribution in [0.4, 0.5) is 5.82 Å². The van der Waals surface area contributed by atoms with E-state index in [1.807, 2.05) is 6.07 Å². The maximum absolute atomic E-state index is 4.14. The Bertz CT molecular complexity index is 445. The predicted octanol–water partition coefficient (Wildman–Crippen LogP) is 2.89. The van der Waals surface area contributed by atoms with Crippen molar-refractivity contribution in [2.75, 3.05) is 11.9 Å². The van der Waals surface area contributed by atoms with Gasteiger partial charge in [-0.3, -0.25) is 0 Å². The molecule has 2 rings (SSSR count). The molecule has 1 aromatic carbocycles. The Kier molecular flexibility index (Phi) is 3.88.